The Balaban J connectivity index is 1.95. The summed E-state index contributed by atoms with van der Waals surface area (Å²) in [5.74, 6) is 0.588. The molecular weight excluding hydrogens is 354 g/mol. The summed E-state index contributed by atoms with van der Waals surface area (Å²) in [7, 11) is 1.64. The molecule has 21 heavy (non-hydrogen) atoms. The van der Waals surface area contributed by atoms with Gasteiger partial charge in [0, 0.05) is 4.47 Å². The van der Waals surface area contributed by atoms with Crippen molar-refractivity contribution in [1.82, 2.24) is 5.32 Å². The molecule has 0 saturated carbocycles. The maximum Gasteiger partial charge on any atom is 0.286 e. The van der Waals surface area contributed by atoms with Gasteiger partial charge < -0.3 is 4.74 Å². The summed E-state index contributed by atoms with van der Waals surface area (Å²) >= 11 is 4.65. The number of rotatable bonds is 3. The van der Waals surface area contributed by atoms with Gasteiger partial charge in [0.2, 0.25) is 5.91 Å². The van der Waals surface area contributed by atoms with E-state index in [1.807, 2.05) is 30.3 Å². The van der Waals surface area contributed by atoms with E-state index in [1.54, 1.807) is 7.11 Å². The zero-order chi connectivity index (χ0) is 15.0. The second kappa shape index (κ2) is 5.69. The highest BCUT2D eigenvalue weighted by molar-refractivity contribution is 9.10. The molecule has 2 amide bonds. The topological polar surface area (TPSA) is 55.4 Å². The van der Waals surface area contributed by atoms with Crippen LogP contribution in [0.1, 0.15) is 5.56 Å². The Labute approximate surface area is 134 Å². The number of carbonyl (C=O) groups is 2. The molecule has 2 aromatic rings. The van der Waals surface area contributed by atoms with Gasteiger partial charge >= 0.3 is 0 Å². The number of methoxy groups -OCH3 is 1. The third-order valence-corrected chi connectivity index (χ3v) is 5.33. The molecule has 0 aliphatic carbocycles. The molecular formula is C15H12BrNO3S. The number of carbonyl (C=O) groups excluding carboxylic acids is 2. The number of thioether (sulfide) groups is 1. The van der Waals surface area contributed by atoms with Gasteiger partial charge in [-0.1, -0.05) is 23.9 Å². The van der Waals surface area contributed by atoms with Crippen LogP contribution in [-0.2, 0) is 11.2 Å². The van der Waals surface area contributed by atoms with Crippen LogP contribution in [0.15, 0.2) is 34.8 Å². The second-order valence-corrected chi connectivity index (χ2v) is 6.68. The molecule has 1 aliphatic rings. The van der Waals surface area contributed by atoms with E-state index >= 15 is 0 Å². The van der Waals surface area contributed by atoms with E-state index in [2.05, 4.69) is 21.2 Å². The molecule has 0 spiro atoms. The van der Waals surface area contributed by atoms with Crippen LogP contribution in [0, 0.1) is 0 Å². The van der Waals surface area contributed by atoms with Crippen molar-refractivity contribution < 1.29 is 14.3 Å². The average molecular weight is 366 g/mol. The molecule has 2 aromatic carbocycles. The molecule has 0 aromatic heterocycles. The number of imide groups is 1. The monoisotopic (exact) mass is 365 g/mol. The molecule has 3 rings (SSSR count). The van der Waals surface area contributed by atoms with Gasteiger partial charge in [0.1, 0.15) is 5.75 Å². The lowest BCUT2D eigenvalue weighted by Crippen LogP contribution is -2.25. The maximum absolute atomic E-state index is 11.7. The number of fused-ring (bicyclic) bond motifs is 1. The first kappa shape index (κ1) is 14.4. The van der Waals surface area contributed by atoms with Crippen molar-refractivity contribution in [3.8, 4) is 5.75 Å². The molecule has 0 radical (unpaired) electrons. The zero-order valence-electron chi connectivity index (χ0n) is 11.2. The highest BCUT2D eigenvalue weighted by Crippen LogP contribution is 2.33. The molecule has 4 nitrogen and oxygen atoms in total. The van der Waals surface area contributed by atoms with E-state index in [0.717, 1.165) is 38.3 Å². The van der Waals surface area contributed by atoms with Gasteiger partial charge in [-0.2, -0.15) is 0 Å². The van der Waals surface area contributed by atoms with Crippen molar-refractivity contribution >= 4 is 49.6 Å². The summed E-state index contributed by atoms with van der Waals surface area (Å²) in [5, 5.41) is 3.80. The van der Waals surface area contributed by atoms with E-state index in [1.165, 1.54) is 0 Å². The Morgan fingerprint density at radius 1 is 1.29 bits per heavy atom. The van der Waals surface area contributed by atoms with Crippen LogP contribution < -0.4 is 10.1 Å². The highest BCUT2D eigenvalue weighted by Gasteiger charge is 2.32. The lowest BCUT2D eigenvalue weighted by Gasteiger charge is -2.11. The largest absolute Gasteiger partial charge is 0.497 e. The highest BCUT2D eigenvalue weighted by atomic mass is 79.9. The van der Waals surface area contributed by atoms with Crippen molar-refractivity contribution in [2.75, 3.05) is 7.11 Å². The molecule has 1 unspecified atom stereocenters. The summed E-state index contributed by atoms with van der Waals surface area (Å²) in [6.45, 7) is 0. The molecule has 0 bridgehead atoms. The molecule has 108 valence electrons. The molecule has 1 heterocycles. The van der Waals surface area contributed by atoms with Crippen molar-refractivity contribution in [2.45, 2.75) is 11.7 Å². The smallest absolute Gasteiger partial charge is 0.286 e. The molecule has 6 heteroatoms. The maximum atomic E-state index is 11.7. The van der Waals surface area contributed by atoms with Crippen molar-refractivity contribution in [3.05, 3.63) is 40.4 Å². The molecule has 1 atom stereocenters. The SMILES string of the molecule is COc1ccc2c(Br)c(CC3SC(=O)NC3=O)ccc2c1. The van der Waals surface area contributed by atoms with Crippen molar-refractivity contribution in [1.29, 1.82) is 0 Å². The predicted molar refractivity (Wildman–Crippen MR) is 86.8 cm³/mol. The minimum Gasteiger partial charge on any atom is -0.497 e. The van der Waals surface area contributed by atoms with E-state index in [-0.39, 0.29) is 16.4 Å². The van der Waals surface area contributed by atoms with E-state index in [9.17, 15) is 9.59 Å². The molecule has 1 fully saturated rings. The third-order valence-electron chi connectivity index (χ3n) is 3.41. The summed E-state index contributed by atoms with van der Waals surface area (Å²) in [5.41, 5.74) is 1.01. The van der Waals surface area contributed by atoms with E-state index in [0.29, 0.717) is 6.42 Å². The van der Waals surface area contributed by atoms with Crippen molar-refractivity contribution in [3.63, 3.8) is 0 Å². The van der Waals surface area contributed by atoms with Gasteiger partial charge in [-0.05, 0) is 56.9 Å². The van der Waals surface area contributed by atoms with Gasteiger partial charge in [-0.25, -0.2) is 0 Å². The van der Waals surface area contributed by atoms with Crippen molar-refractivity contribution in [2.24, 2.45) is 0 Å². The molecule has 1 aliphatic heterocycles. The third kappa shape index (κ3) is 2.78. The van der Waals surface area contributed by atoms with Crippen LogP contribution in [0.4, 0.5) is 4.79 Å². The fourth-order valence-corrected chi connectivity index (χ4v) is 3.83. The summed E-state index contributed by atoms with van der Waals surface area (Å²) in [4.78, 5) is 22.9. The average Bonchev–Trinajstić information content (AvgIpc) is 2.79. The Hall–Kier alpha value is -1.53. The van der Waals surface area contributed by atoms with Crippen LogP contribution in [0.25, 0.3) is 10.8 Å². The summed E-state index contributed by atoms with van der Waals surface area (Å²) < 4.78 is 6.17. The number of amides is 2. The van der Waals surface area contributed by atoms with Gasteiger partial charge in [0.25, 0.3) is 5.24 Å². The first-order valence-corrected chi connectivity index (χ1v) is 8.02. The number of nitrogens with one attached hydrogen (secondary N) is 1. The fraction of sp³-hybridized carbons (Fsp3) is 0.200. The second-order valence-electron chi connectivity index (χ2n) is 4.71. The van der Waals surface area contributed by atoms with Crippen LogP contribution in [0.5, 0.6) is 5.75 Å². The lowest BCUT2D eigenvalue weighted by molar-refractivity contribution is -0.118. The quantitative estimate of drug-likeness (QED) is 0.904. The van der Waals surface area contributed by atoms with Gasteiger partial charge in [0.15, 0.2) is 0 Å². The minimum absolute atomic E-state index is 0.216. The number of benzene rings is 2. The normalized spacial score (nSPS) is 18.1. The standard InChI is InChI=1S/C15H12BrNO3S/c1-20-10-4-5-11-8(6-10)2-3-9(13(11)16)7-12-14(18)17-15(19)21-12/h2-6,12H,7H2,1H3,(H,17,18,19). The molecule has 1 saturated heterocycles. The van der Waals surface area contributed by atoms with Crippen LogP contribution in [0.3, 0.4) is 0 Å². The Kier molecular flexibility index (Phi) is 3.91. The van der Waals surface area contributed by atoms with Crippen LogP contribution >= 0.6 is 27.7 Å². The van der Waals surface area contributed by atoms with Gasteiger partial charge in [-0.15, -0.1) is 0 Å². The predicted octanol–water partition coefficient (Wildman–Crippen LogP) is 3.51. The number of hydrogen-bond acceptors (Lipinski definition) is 4. The lowest BCUT2D eigenvalue weighted by atomic mass is 10.0. The van der Waals surface area contributed by atoms with Crippen LogP contribution in [-0.4, -0.2) is 23.5 Å². The fourth-order valence-electron chi connectivity index (χ4n) is 2.33. The Morgan fingerprint density at radius 2 is 2.10 bits per heavy atom. The first-order valence-electron chi connectivity index (χ1n) is 6.35. The number of halogens is 1. The van der Waals surface area contributed by atoms with Gasteiger partial charge in [-0.3, -0.25) is 14.9 Å². The Morgan fingerprint density at radius 3 is 2.76 bits per heavy atom. The summed E-state index contributed by atoms with van der Waals surface area (Å²) in [6, 6.07) is 9.82. The first-order chi connectivity index (χ1) is 10.1. The number of hydrogen-bond donors (Lipinski definition) is 1. The van der Waals surface area contributed by atoms with Gasteiger partial charge in [0.05, 0.1) is 12.4 Å². The number of ether oxygens (including phenoxy) is 1. The Bertz CT molecular complexity index is 747. The zero-order valence-corrected chi connectivity index (χ0v) is 13.6. The van der Waals surface area contributed by atoms with E-state index < -0.39 is 0 Å². The van der Waals surface area contributed by atoms with Crippen LogP contribution in [0.2, 0.25) is 0 Å². The summed E-state index contributed by atoms with van der Waals surface area (Å²) in [6.07, 6.45) is 0.519. The minimum atomic E-state index is -0.357. The molecule has 1 N–H and O–H groups in total. The van der Waals surface area contributed by atoms with E-state index in [4.69, 9.17) is 4.74 Å².